The van der Waals surface area contributed by atoms with Crippen LogP contribution in [0, 0.1) is 6.92 Å². The highest BCUT2D eigenvalue weighted by Crippen LogP contribution is 2.27. The summed E-state index contributed by atoms with van der Waals surface area (Å²) in [6.45, 7) is 6.89. The largest absolute Gasteiger partial charge is 0.497 e. The number of aryl methyl sites for hydroxylation is 1. The average molecular weight is 524 g/mol. The second-order valence-electron chi connectivity index (χ2n) is 8.66. The van der Waals surface area contributed by atoms with Crippen molar-refractivity contribution in [2.24, 2.45) is 0 Å². The summed E-state index contributed by atoms with van der Waals surface area (Å²) in [5, 5.41) is 3.21. The third-order valence-corrected chi connectivity index (χ3v) is 6.81. The number of hydrogen-bond acceptors (Lipinski definition) is 5. The molecule has 1 atom stereocenters. The zero-order chi connectivity index (χ0) is 26.3. The highest BCUT2D eigenvalue weighted by Gasteiger charge is 2.32. The first-order valence-corrected chi connectivity index (χ1v) is 13.6. The molecule has 0 heterocycles. The van der Waals surface area contributed by atoms with Crippen LogP contribution in [-0.4, -0.2) is 57.1 Å². The zero-order valence-corrected chi connectivity index (χ0v) is 22.6. The van der Waals surface area contributed by atoms with Crippen LogP contribution in [0.4, 0.5) is 5.69 Å². The molecule has 0 saturated carbocycles. The van der Waals surface area contributed by atoms with Gasteiger partial charge in [0.15, 0.2) is 0 Å². The summed E-state index contributed by atoms with van der Waals surface area (Å²) in [5.74, 6) is -0.138. The lowest BCUT2D eigenvalue weighted by Gasteiger charge is -2.33. The van der Waals surface area contributed by atoms with Crippen molar-refractivity contribution in [3.05, 3.63) is 58.6 Å². The number of sulfonamides is 1. The van der Waals surface area contributed by atoms with Crippen LogP contribution in [0.5, 0.6) is 5.75 Å². The van der Waals surface area contributed by atoms with Gasteiger partial charge >= 0.3 is 0 Å². The van der Waals surface area contributed by atoms with E-state index in [4.69, 9.17) is 16.3 Å². The molecule has 0 aliphatic carbocycles. The molecule has 0 aliphatic rings. The number of methoxy groups -OCH3 is 1. The van der Waals surface area contributed by atoms with E-state index < -0.39 is 28.5 Å². The van der Waals surface area contributed by atoms with Crippen LogP contribution in [0.3, 0.4) is 0 Å². The Hall–Kier alpha value is -2.78. The van der Waals surface area contributed by atoms with E-state index in [0.29, 0.717) is 28.4 Å². The maximum Gasteiger partial charge on any atom is 0.244 e. The van der Waals surface area contributed by atoms with Crippen LogP contribution in [0.1, 0.15) is 38.3 Å². The summed E-state index contributed by atoms with van der Waals surface area (Å²) >= 11 is 6.12. The molecule has 35 heavy (non-hydrogen) atoms. The van der Waals surface area contributed by atoms with E-state index in [1.807, 2.05) is 32.9 Å². The van der Waals surface area contributed by atoms with Gasteiger partial charge in [-0.2, -0.15) is 0 Å². The van der Waals surface area contributed by atoms with E-state index >= 15 is 0 Å². The van der Waals surface area contributed by atoms with Gasteiger partial charge in [0.2, 0.25) is 21.8 Å². The van der Waals surface area contributed by atoms with Crippen molar-refractivity contribution < 1.29 is 22.7 Å². The third kappa shape index (κ3) is 7.86. The number of amides is 2. The molecule has 10 heteroatoms. The molecule has 0 saturated heterocycles. The van der Waals surface area contributed by atoms with Gasteiger partial charge in [-0.05, 0) is 62.6 Å². The highest BCUT2D eigenvalue weighted by atomic mass is 35.5. The smallest absolute Gasteiger partial charge is 0.244 e. The standard InChI is InChI=1S/C25H34ClN3O5S/c1-7-22(25(31)27-17(2)3)28(15-19-9-12-21(34-5)13-10-19)24(30)16-29(35(6,32)33)23-14-20(26)11-8-18(23)4/h8-14,17,22H,7,15-16H2,1-6H3,(H,27,31)/t22-/m1/s1. The predicted octanol–water partition coefficient (Wildman–Crippen LogP) is 3.76. The summed E-state index contributed by atoms with van der Waals surface area (Å²) in [6, 6.07) is 11.1. The van der Waals surface area contributed by atoms with Crippen LogP contribution in [0.25, 0.3) is 0 Å². The van der Waals surface area contributed by atoms with Crippen molar-refractivity contribution in [2.45, 2.75) is 52.7 Å². The van der Waals surface area contributed by atoms with Gasteiger partial charge in [0.1, 0.15) is 18.3 Å². The molecule has 2 amide bonds. The molecular formula is C25H34ClN3O5S. The van der Waals surface area contributed by atoms with Gasteiger partial charge in [-0.25, -0.2) is 8.42 Å². The number of carbonyl (C=O) groups is 2. The summed E-state index contributed by atoms with van der Waals surface area (Å²) in [7, 11) is -2.27. The number of rotatable bonds is 11. The zero-order valence-electron chi connectivity index (χ0n) is 21.0. The minimum Gasteiger partial charge on any atom is -0.497 e. The topological polar surface area (TPSA) is 96.0 Å². The van der Waals surface area contributed by atoms with E-state index in [9.17, 15) is 18.0 Å². The van der Waals surface area contributed by atoms with Crippen molar-refractivity contribution >= 4 is 39.1 Å². The molecule has 0 bridgehead atoms. The van der Waals surface area contributed by atoms with Gasteiger partial charge in [0, 0.05) is 17.6 Å². The fourth-order valence-corrected chi connectivity index (χ4v) is 4.74. The van der Waals surface area contributed by atoms with Crippen LogP contribution >= 0.6 is 11.6 Å². The van der Waals surface area contributed by atoms with Crippen molar-refractivity contribution in [1.29, 1.82) is 0 Å². The van der Waals surface area contributed by atoms with Gasteiger partial charge in [0.05, 0.1) is 19.1 Å². The molecular weight excluding hydrogens is 490 g/mol. The Kier molecular flexibility index (Phi) is 9.97. The van der Waals surface area contributed by atoms with Crippen molar-refractivity contribution in [3.63, 3.8) is 0 Å². The molecule has 2 rings (SSSR count). The molecule has 0 fully saturated rings. The first-order valence-electron chi connectivity index (χ1n) is 11.3. The molecule has 2 aromatic rings. The van der Waals surface area contributed by atoms with E-state index in [-0.39, 0.29) is 18.5 Å². The Balaban J connectivity index is 2.48. The molecule has 8 nitrogen and oxygen atoms in total. The second kappa shape index (κ2) is 12.3. The fraction of sp³-hybridized carbons (Fsp3) is 0.440. The molecule has 0 radical (unpaired) electrons. The first-order chi connectivity index (χ1) is 16.4. The molecule has 1 N–H and O–H groups in total. The van der Waals surface area contributed by atoms with Crippen LogP contribution in [-0.2, 0) is 26.2 Å². The van der Waals surface area contributed by atoms with Gasteiger partial charge in [0.25, 0.3) is 0 Å². The van der Waals surface area contributed by atoms with Crippen molar-refractivity contribution in [3.8, 4) is 5.75 Å². The molecule has 0 unspecified atom stereocenters. The van der Waals surface area contributed by atoms with Gasteiger partial charge in [-0.15, -0.1) is 0 Å². The normalized spacial score (nSPS) is 12.2. The number of hydrogen-bond donors (Lipinski definition) is 1. The maximum atomic E-state index is 13.7. The number of halogens is 1. The van der Waals surface area contributed by atoms with Crippen molar-refractivity contribution in [1.82, 2.24) is 10.2 Å². The molecule has 0 aliphatic heterocycles. The molecule has 192 valence electrons. The first kappa shape index (κ1) is 28.5. The summed E-state index contributed by atoms with van der Waals surface area (Å²) in [6.07, 6.45) is 1.40. The predicted molar refractivity (Wildman–Crippen MR) is 139 cm³/mol. The second-order valence-corrected chi connectivity index (χ2v) is 11.0. The summed E-state index contributed by atoms with van der Waals surface area (Å²) in [5.41, 5.74) is 1.75. The Morgan fingerprint density at radius 2 is 1.74 bits per heavy atom. The number of ether oxygens (including phenoxy) is 1. The van der Waals surface area contributed by atoms with E-state index in [2.05, 4.69) is 5.32 Å². The van der Waals surface area contributed by atoms with Crippen molar-refractivity contribution in [2.75, 3.05) is 24.2 Å². The van der Waals surface area contributed by atoms with Crippen LogP contribution < -0.4 is 14.4 Å². The highest BCUT2D eigenvalue weighted by molar-refractivity contribution is 7.92. The monoisotopic (exact) mass is 523 g/mol. The van der Waals surface area contributed by atoms with Crippen LogP contribution in [0.2, 0.25) is 5.02 Å². The lowest BCUT2D eigenvalue weighted by Crippen LogP contribution is -2.53. The average Bonchev–Trinajstić information content (AvgIpc) is 2.78. The lowest BCUT2D eigenvalue weighted by atomic mass is 10.1. The lowest BCUT2D eigenvalue weighted by molar-refractivity contribution is -0.140. The molecule has 2 aromatic carbocycles. The maximum absolute atomic E-state index is 13.7. The molecule has 0 aromatic heterocycles. The number of carbonyl (C=O) groups excluding carboxylic acids is 2. The Bertz CT molecular complexity index is 1140. The van der Waals surface area contributed by atoms with E-state index in [1.165, 1.54) is 11.0 Å². The van der Waals surface area contributed by atoms with E-state index in [0.717, 1.165) is 16.1 Å². The number of nitrogens with zero attached hydrogens (tertiary/aromatic N) is 2. The van der Waals surface area contributed by atoms with Gasteiger partial charge in [-0.3, -0.25) is 13.9 Å². The molecule has 0 spiro atoms. The SMILES string of the molecule is CC[C@H](C(=O)NC(C)C)N(Cc1ccc(OC)cc1)C(=O)CN(c1cc(Cl)ccc1C)S(C)(=O)=O. The fourth-order valence-electron chi connectivity index (χ4n) is 3.67. The third-order valence-electron chi connectivity index (χ3n) is 5.45. The summed E-state index contributed by atoms with van der Waals surface area (Å²) < 4.78 is 31.7. The van der Waals surface area contributed by atoms with Gasteiger partial charge < -0.3 is 15.0 Å². The minimum absolute atomic E-state index is 0.115. The number of anilines is 1. The van der Waals surface area contributed by atoms with E-state index in [1.54, 1.807) is 38.3 Å². The Morgan fingerprint density at radius 1 is 1.11 bits per heavy atom. The summed E-state index contributed by atoms with van der Waals surface area (Å²) in [4.78, 5) is 28.1. The van der Waals surface area contributed by atoms with Crippen LogP contribution in [0.15, 0.2) is 42.5 Å². The number of nitrogens with one attached hydrogen (secondary N) is 1. The minimum atomic E-state index is -3.83. The Labute approximate surface area is 213 Å². The van der Waals surface area contributed by atoms with Gasteiger partial charge in [-0.1, -0.05) is 36.7 Å². The Morgan fingerprint density at radius 3 is 2.26 bits per heavy atom. The quantitative estimate of drug-likeness (QED) is 0.484. The number of benzene rings is 2.